The van der Waals surface area contributed by atoms with Gasteiger partial charge in [-0.3, -0.25) is 14.5 Å². The minimum atomic E-state index is -0.808. The van der Waals surface area contributed by atoms with Gasteiger partial charge < -0.3 is 10.0 Å². The molecule has 7 nitrogen and oxygen atoms in total. The third-order valence-corrected chi connectivity index (χ3v) is 5.12. The first-order chi connectivity index (χ1) is 13.0. The van der Waals surface area contributed by atoms with Gasteiger partial charge >= 0.3 is 5.97 Å². The van der Waals surface area contributed by atoms with Crippen LogP contribution in [0.15, 0.2) is 36.4 Å². The molecule has 0 unspecified atom stereocenters. The van der Waals surface area contributed by atoms with E-state index in [4.69, 9.17) is 5.11 Å². The van der Waals surface area contributed by atoms with Gasteiger partial charge in [0, 0.05) is 24.8 Å². The average Bonchev–Trinajstić information content (AvgIpc) is 3.08. The number of piperidine rings is 1. The Hall–Kier alpha value is -2.67. The molecule has 1 fully saturated rings. The number of para-hydroxylation sites is 1. The fraction of sp³-hybridized carbons (Fsp3) is 0.450. The number of rotatable bonds is 6. The van der Waals surface area contributed by atoms with Gasteiger partial charge in [0.2, 0.25) is 0 Å². The van der Waals surface area contributed by atoms with Gasteiger partial charge in [-0.1, -0.05) is 25.1 Å². The van der Waals surface area contributed by atoms with Crippen molar-refractivity contribution in [1.29, 1.82) is 0 Å². The van der Waals surface area contributed by atoms with Crippen LogP contribution in [0.1, 0.15) is 35.9 Å². The summed E-state index contributed by atoms with van der Waals surface area (Å²) >= 11 is 0. The normalized spacial score (nSPS) is 15.3. The van der Waals surface area contributed by atoms with Crippen molar-refractivity contribution in [3.8, 4) is 5.69 Å². The van der Waals surface area contributed by atoms with E-state index in [2.05, 4.69) is 5.10 Å². The number of hydrogen-bond donors (Lipinski definition) is 1. The first kappa shape index (κ1) is 19.1. The van der Waals surface area contributed by atoms with Gasteiger partial charge in [-0.05, 0) is 44.5 Å². The zero-order valence-corrected chi connectivity index (χ0v) is 15.8. The summed E-state index contributed by atoms with van der Waals surface area (Å²) in [6, 6.07) is 11.8. The van der Waals surface area contributed by atoms with E-state index in [-0.39, 0.29) is 18.5 Å². The minimum absolute atomic E-state index is 0.0514. The number of carbonyl (C=O) groups is 2. The Morgan fingerprint density at radius 1 is 1.22 bits per heavy atom. The SMILES string of the molecule is CCN(CC(=O)O)C1CCN(C(=O)c2cc(C)n(-c3ccccc3)n2)CC1. The molecular weight excluding hydrogens is 344 g/mol. The van der Waals surface area contributed by atoms with Crippen LogP contribution in [0.2, 0.25) is 0 Å². The molecule has 3 rings (SSSR count). The van der Waals surface area contributed by atoms with Crippen molar-refractivity contribution in [2.45, 2.75) is 32.7 Å². The lowest BCUT2D eigenvalue weighted by Crippen LogP contribution is -2.48. The highest BCUT2D eigenvalue weighted by molar-refractivity contribution is 5.92. The summed E-state index contributed by atoms with van der Waals surface area (Å²) in [4.78, 5) is 27.7. The number of aryl methyl sites for hydroxylation is 1. The summed E-state index contributed by atoms with van der Waals surface area (Å²) in [5, 5.41) is 13.5. The molecule has 144 valence electrons. The molecule has 1 aromatic heterocycles. The molecule has 1 aliphatic rings. The standard InChI is InChI=1S/C20H26N4O3/c1-3-22(14-19(25)26)16-9-11-23(12-10-16)20(27)18-13-15(2)24(21-18)17-7-5-4-6-8-17/h4-8,13,16H,3,9-12,14H2,1-2H3,(H,25,26). The number of amides is 1. The van der Waals surface area contributed by atoms with Crippen molar-refractivity contribution < 1.29 is 14.7 Å². The average molecular weight is 370 g/mol. The predicted octanol–water partition coefficient (Wildman–Crippen LogP) is 2.19. The van der Waals surface area contributed by atoms with Crippen LogP contribution in [-0.2, 0) is 4.79 Å². The van der Waals surface area contributed by atoms with Crippen molar-refractivity contribution in [3.05, 3.63) is 47.8 Å². The van der Waals surface area contributed by atoms with Crippen molar-refractivity contribution in [2.24, 2.45) is 0 Å². The van der Waals surface area contributed by atoms with Crippen LogP contribution in [0.5, 0.6) is 0 Å². The Labute approximate surface area is 159 Å². The van der Waals surface area contributed by atoms with Crippen LogP contribution in [0.4, 0.5) is 0 Å². The number of carboxylic acids is 1. The molecule has 0 radical (unpaired) electrons. The topological polar surface area (TPSA) is 78.7 Å². The molecule has 0 bridgehead atoms. The van der Waals surface area contributed by atoms with E-state index in [0.29, 0.717) is 25.3 Å². The van der Waals surface area contributed by atoms with Crippen molar-refractivity contribution in [2.75, 3.05) is 26.2 Å². The third-order valence-electron chi connectivity index (χ3n) is 5.12. The Balaban J connectivity index is 1.65. The van der Waals surface area contributed by atoms with Gasteiger partial charge in [-0.15, -0.1) is 0 Å². The van der Waals surface area contributed by atoms with E-state index in [0.717, 1.165) is 24.2 Å². The third kappa shape index (κ3) is 4.36. The molecule has 0 spiro atoms. The van der Waals surface area contributed by atoms with Crippen LogP contribution in [-0.4, -0.2) is 68.8 Å². The summed E-state index contributed by atoms with van der Waals surface area (Å²) < 4.78 is 1.78. The van der Waals surface area contributed by atoms with Crippen LogP contribution < -0.4 is 0 Å². The Kier molecular flexibility index (Phi) is 5.91. The number of hydrogen-bond acceptors (Lipinski definition) is 4. The molecular formula is C20H26N4O3. The number of likely N-dealkylation sites (tertiary alicyclic amines) is 1. The molecule has 0 atom stereocenters. The van der Waals surface area contributed by atoms with Gasteiger partial charge in [-0.25, -0.2) is 4.68 Å². The molecule has 1 aliphatic heterocycles. The molecule has 2 aromatic rings. The molecule has 1 amide bonds. The lowest BCUT2D eigenvalue weighted by molar-refractivity contribution is -0.139. The van der Waals surface area contributed by atoms with E-state index in [1.165, 1.54) is 0 Å². The summed E-state index contributed by atoms with van der Waals surface area (Å²) in [6.07, 6.45) is 1.57. The van der Waals surface area contributed by atoms with Crippen molar-refractivity contribution in [3.63, 3.8) is 0 Å². The van der Waals surface area contributed by atoms with Gasteiger partial charge in [0.25, 0.3) is 5.91 Å². The van der Waals surface area contributed by atoms with E-state index >= 15 is 0 Å². The van der Waals surface area contributed by atoms with Gasteiger partial charge in [0.15, 0.2) is 5.69 Å². The van der Waals surface area contributed by atoms with Crippen LogP contribution in [0, 0.1) is 6.92 Å². The van der Waals surface area contributed by atoms with Gasteiger partial charge in [0.1, 0.15) is 0 Å². The summed E-state index contributed by atoms with van der Waals surface area (Å²) in [5.74, 6) is -0.871. The Morgan fingerprint density at radius 3 is 2.48 bits per heavy atom. The second kappa shape index (κ2) is 8.35. The number of likely N-dealkylation sites (N-methyl/N-ethyl adjacent to an activating group) is 1. The molecule has 2 heterocycles. The number of aliphatic carboxylic acids is 1. The van der Waals surface area contributed by atoms with Crippen molar-refractivity contribution in [1.82, 2.24) is 19.6 Å². The predicted molar refractivity (Wildman–Crippen MR) is 102 cm³/mol. The Bertz CT molecular complexity index is 795. The highest BCUT2D eigenvalue weighted by Crippen LogP contribution is 2.19. The van der Waals surface area contributed by atoms with Crippen LogP contribution >= 0.6 is 0 Å². The lowest BCUT2D eigenvalue weighted by Gasteiger charge is -2.37. The quantitative estimate of drug-likeness (QED) is 0.843. The summed E-state index contributed by atoms with van der Waals surface area (Å²) in [6.45, 7) is 5.91. The number of carboxylic acid groups (broad SMARTS) is 1. The number of carbonyl (C=O) groups excluding carboxylic acids is 1. The first-order valence-electron chi connectivity index (χ1n) is 9.36. The minimum Gasteiger partial charge on any atom is -0.480 e. The van der Waals surface area contributed by atoms with Gasteiger partial charge in [0.05, 0.1) is 12.2 Å². The van der Waals surface area contributed by atoms with E-state index in [1.807, 2.05) is 60.0 Å². The lowest BCUT2D eigenvalue weighted by atomic mass is 10.0. The van der Waals surface area contributed by atoms with E-state index < -0.39 is 5.97 Å². The second-order valence-electron chi connectivity index (χ2n) is 6.90. The van der Waals surface area contributed by atoms with Crippen LogP contribution in [0.3, 0.4) is 0 Å². The van der Waals surface area contributed by atoms with E-state index in [9.17, 15) is 9.59 Å². The fourth-order valence-corrected chi connectivity index (χ4v) is 3.68. The number of benzene rings is 1. The molecule has 1 N–H and O–H groups in total. The number of aromatic nitrogens is 2. The first-order valence-corrected chi connectivity index (χ1v) is 9.36. The molecule has 0 aliphatic carbocycles. The zero-order valence-electron chi connectivity index (χ0n) is 15.8. The maximum atomic E-state index is 12.9. The summed E-state index contributed by atoms with van der Waals surface area (Å²) in [5.41, 5.74) is 2.30. The maximum absolute atomic E-state index is 12.9. The highest BCUT2D eigenvalue weighted by Gasteiger charge is 2.28. The van der Waals surface area contributed by atoms with Gasteiger partial charge in [-0.2, -0.15) is 5.10 Å². The van der Waals surface area contributed by atoms with E-state index in [1.54, 1.807) is 4.68 Å². The largest absolute Gasteiger partial charge is 0.480 e. The maximum Gasteiger partial charge on any atom is 0.317 e. The highest BCUT2D eigenvalue weighted by atomic mass is 16.4. The van der Waals surface area contributed by atoms with Crippen molar-refractivity contribution >= 4 is 11.9 Å². The Morgan fingerprint density at radius 2 is 1.89 bits per heavy atom. The smallest absolute Gasteiger partial charge is 0.317 e. The fourth-order valence-electron chi connectivity index (χ4n) is 3.68. The zero-order chi connectivity index (χ0) is 19.4. The van der Waals surface area contributed by atoms with Crippen LogP contribution in [0.25, 0.3) is 5.69 Å². The summed E-state index contributed by atoms with van der Waals surface area (Å²) in [7, 11) is 0. The molecule has 1 saturated heterocycles. The second-order valence-corrected chi connectivity index (χ2v) is 6.90. The molecule has 0 saturated carbocycles. The number of nitrogens with zero attached hydrogens (tertiary/aromatic N) is 4. The molecule has 1 aromatic carbocycles. The molecule has 27 heavy (non-hydrogen) atoms. The molecule has 7 heteroatoms. The monoisotopic (exact) mass is 370 g/mol.